The number of nitro benzene ring substituents is 1. The van der Waals surface area contributed by atoms with Crippen LogP contribution >= 0.6 is 11.8 Å². The van der Waals surface area contributed by atoms with E-state index in [1.165, 1.54) is 40.9 Å². The van der Waals surface area contributed by atoms with E-state index in [9.17, 15) is 29.6 Å². The summed E-state index contributed by atoms with van der Waals surface area (Å²) in [6.07, 6.45) is -0.947. The number of hydrogen-bond donors (Lipinski definition) is 3. The van der Waals surface area contributed by atoms with Gasteiger partial charge in [-0.05, 0) is 31.0 Å². The maximum absolute atomic E-state index is 12.5. The lowest BCUT2D eigenvalue weighted by molar-refractivity contribution is -0.384. The molecule has 0 bridgehead atoms. The van der Waals surface area contributed by atoms with Crippen molar-refractivity contribution in [1.82, 2.24) is 10.2 Å². The second-order valence-electron chi connectivity index (χ2n) is 6.83. The van der Waals surface area contributed by atoms with Gasteiger partial charge < -0.3 is 25.8 Å². The molecule has 3 atom stereocenters. The summed E-state index contributed by atoms with van der Waals surface area (Å²) in [5.74, 6) is -0.583. The van der Waals surface area contributed by atoms with Crippen LogP contribution in [0.15, 0.2) is 24.3 Å². The van der Waals surface area contributed by atoms with Crippen LogP contribution in [0.2, 0.25) is 0 Å². The third-order valence-electron chi connectivity index (χ3n) is 4.48. The van der Waals surface area contributed by atoms with Crippen molar-refractivity contribution in [3.05, 3.63) is 39.9 Å². The molecule has 30 heavy (non-hydrogen) atoms. The number of rotatable bonds is 9. The number of hydrogen-bond acceptors (Lipinski definition) is 8. The minimum Gasteiger partial charge on any atom is -0.445 e. The summed E-state index contributed by atoms with van der Waals surface area (Å²) in [6, 6.07) is 5.34. The molecule has 1 heterocycles. The minimum absolute atomic E-state index is 0.0567. The molecule has 0 aliphatic carbocycles. The fourth-order valence-corrected chi connectivity index (χ4v) is 3.93. The van der Waals surface area contributed by atoms with Gasteiger partial charge in [-0.3, -0.25) is 19.7 Å². The van der Waals surface area contributed by atoms with E-state index in [2.05, 4.69) is 5.32 Å². The predicted molar refractivity (Wildman–Crippen MR) is 109 cm³/mol. The second-order valence-corrected chi connectivity index (χ2v) is 8.21. The molecular formula is C18H24N4O7S. The van der Waals surface area contributed by atoms with Gasteiger partial charge >= 0.3 is 6.09 Å². The number of carbonyl (C=O) groups excluding carboxylic acids is 3. The van der Waals surface area contributed by atoms with Gasteiger partial charge in [0.2, 0.25) is 11.8 Å². The van der Waals surface area contributed by atoms with Crippen molar-refractivity contribution in [2.24, 2.45) is 5.73 Å². The first kappa shape index (κ1) is 23.4. The minimum atomic E-state index is -0.693. The van der Waals surface area contributed by atoms with Crippen molar-refractivity contribution >= 4 is 35.4 Å². The van der Waals surface area contributed by atoms with Gasteiger partial charge in [0.1, 0.15) is 6.61 Å². The monoisotopic (exact) mass is 440 g/mol. The molecule has 1 saturated heterocycles. The number of amides is 3. The number of non-ortho nitro benzene ring substituents is 1. The molecule has 1 fully saturated rings. The van der Waals surface area contributed by atoms with Crippen LogP contribution in [0.25, 0.3) is 0 Å². The van der Waals surface area contributed by atoms with Gasteiger partial charge in [0, 0.05) is 23.9 Å². The summed E-state index contributed by atoms with van der Waals surface area (Å²) in [5.41, 5.74) is 5.54. The van der Waals surface area contributed by atoms with Crippen LogP contribution in [0.5, 0.6) is 0 Å². The van der Waals surface area contributed by atoms with Gasteiger partial charge in [-0.15, -0.1) is 11.8 Å². The molecule has 1 unspecified atom stereocenters. The Kier molecular flexibility index (Phi) is 8.42. The molecule has 1 aliphatic heterocycles. The zero-order chi connectivity index (χ0) is 22.3. The smallest absolute Gasteiger partial charge is 0.410 e. The normalized spacial score (nSPS) is 19.2. The molecule has 0 spiro atoms. The lowest BCUT2D eigenvalue weighted by Crippen LogP contribution is -2.40. The Labute approximate surface area is 177 Å². The van der Waals surface area contributed by atoms with E-state index in [0.717, 1.165) is 0 Å². The molecule has 11 nitrogen and oxygen atoms in total. The Morgan fingerprint density at radius 1 is 1.40 bits per heavy atom. The molecule has 1 aromatic rings. The number of nitro groups is 1. The third kappa shape index (κ3) is 6.88. The van der Waals surface area contributed by atoms with Gasteiger partial charge in [0.25, 0.3) is 5.69 Å². The molecule has 1 aromatic carbocycles. The Bertz CT molecular complexity index is 789. The summed E-state index contributed by atoms with van der Waals surface area (Å²) in [5, 5.41) is 22.6. The van der Waals surface area contributed by atoms with Crippen molar-refractivity contribution in [3.8, 4) is 0 Å². The fraction of sp³-hybridized carbons (Fsp3) is 0.500. The molecule has 0 aromatic heterocycles. The first-order chi connectivity index (χ1) is 14.2. The number of carbonyl (C=O) groups is 3. The van der Waals surface area contributed by atoms with Crippen molar-refractivity contribution in [2.75, 3.05) is 18.8 Å². The number of nitrogens with two attached hydrogens (primary N) is 1. The second kappa shape index (κ2) is 10.8. The molecular weight excluding hydrogens is 416 g/mol. The number of primary amides is 1. The van der Waals surface area contributed by atoms with Gasteiger partial charge in [-0.1, -0.05) is 0 Å². The molecule has 3 amide bonds. The maximum Gasteiger partial charge on any atom is 0.410 e. The predicted octanol–water partition coefficient (Wildman–Crippen LogP) is 0.390. The first-order valence-corrected chi connectivity index (χ1v) is 10.2. The number of likely N-dealkylation sites (tertiary alicyclic amines) is 1. The number of ether oxygens (including phenoxy) is 1. The number of thioether (sulfide) groups is 1. The summed E-state index contributed by atoms with van der Waals surface area (Å²) < 4.78 is 5.28. The molecule has 0 saturated carbocycles. The average molecular weight is 440 g/mol. The summed E-state index contributed by atoms with van der Waals surface area (Å²) in [4.78, 5) is 46.7. The van der Waals surface area contributed by atoms with Crippen LogP contribution in [0, 0.1) is 10.1 Å². The average Bonchev–Trinajstić information content (AvgIpc) is 3.09. The molecule has 4 N–H and O–H groups in total. The van der Waals surface area contributed by atoms with Crippen molar-refractivity contribution in [2.45, 2.75) is 37.3 Å². The third-order valence-corrected chi connectivity index (χ3v) is 5.77. The van der Waals surface area contributed by atoms with E-state index in [-0.39, 0.29) is 37.3 Å². The lowest BCUT2D eigenvalue weighted by atomic mass is 10.2. The highest BCUT2D eigenvalue weighted by Crippen LogP contribution is 2.25. The van der Waals surface area contributed by atoms with Crippen molar-refractivity contribution in [1.29, 1.82) is 0 Å². The number of β-amino-alcohol motifs (C(OH)–C–C–N with tert-alkyl or cyclic N) is 1. The highest BCUT2D eigenvalue weighted by Gasteiger charge is 2.35. The number of benzene rings is 1. The molecule has 1 aliphatic rings. The van der Waals surface area contributed by atoms with Crippen LogP contribution in [-0.2, 0) is 20.9 Å². The van der Waals surface area contributed by atoms with Crippen molar-refractivity contribution in [3.63, 3.8) is 0 Å². The van der Waals surface area contributed by atoms with Crippen LogP contribution in [-0.4, -0.2) is 69.1 Å². The van der Waals surface area contributed by atoms with Gasteiger partial charge in [-0.25, -0.2) is 4.79 Å². The van der Waals surface area contributed by atoms with E-state index in [0.29, 0.717) is 17.7 Å². The van der Waals surface area contributed by atoms with Gasteiger partial charge in [0.05, 0.1) is 29.4 Å². The maximum atomic E-state index is 12.5. The molecule has 12 heteroatoms. The van der Waals surface area contributed by atoms with Gasteiger partial charge in [0.15, 0.2) is 0 Å². The Morgan fingerprint density at radius 3 is 2.67 bits per heavy atom. The van der Waals surface area contributed by atoms with Crippen LogP contribution in [0.1, 0.15) is 18.9 Å². The topological polar surface area (TPSA) is 165 Å². The van der Waals surface area contributed by atoms with E-state index in [1.807, 2.05) is 0 Å². The quantitative estimate of drug-likeness (QED) is 0.366. The lowest BCUT2D eigenvalue weighted by Gasteiger charge is -2.24. The SMILES string of the molecule is CC(SC[C@@H]1C[C@H](O)CN1C(=O)OCc1ccc([N+](=O)[O-])cc1)C(=O)NCC(N)=O. The van der Waals surface area contributed by atoms with E-state index >= 15 is 0 Å². The molecule has 0 radical (unpaired) electrons. The van der Waals surface area contributed by atoms with Crippen molar-refractivity contribution < 1.29 is 29.2 Å². The zero-order valence-electron chi connectivity index (χ0n) is 16.4. The van der Waals surface area contributed by atoms with E-state index < -0.39 is 28.3 Å². The summed E-state index contributed by atoms with van der Waals surface area (Å²) in [7, 11) is 0. The highest BCUT2D eigenvalue weighted by atomic mass is 32.2. The van der Waals surface area contributed by atoms with Gasteiger partial charge in [-0.2, -0.15) is 0 Å². The largest absolute Gasteiger partial charge is 0.445 e. The summed E-state index contributed by atoms with van der Waals surface area (Å²) >= 11 is 1.29. The Morgan fingerprint density at radius 2 is 2.07 bits per heavy atom. The Balaban J connectivity index is 1.85. The van der Waals surface area contributed by atoms with Crippen LogP contribution in [0.4, 0.5) is 10.5 Å². The number of aliphatic hydroxyl groups is 1. The molecule has 2 rings (SSSR count). The fourth-order valence-electron chi connectivity index (χ4n) is 2.86. The summed E-state index contributed by atoms with van der Waals surface area (Å²) in [6.45, 7) is 1.48. The van der Waals surface area contributed by atoms with Crippen LogP contribution < -0.4 is 11.1 Å². The number of nitrogens with zero attached hydrogens (tertiary/aromatic N) is 2. The Hall–Kier alpha value is -2.86. The zero-order valence-corrected chi connectivity index (χ0v) is 17.2. The molecule has 164 valence electrons. The van der Waals surface area contributed by atoms with E-state index in [4.69, 9.17) is 10.5 Å². The van der Waals surface area contributed by atoms with Crippen LogP contribution in [0.3, 0.4) is 0 Å². The highest BCUT2D eigenvalue weighted by molar-refractivity contribution is 8.00. The first-order valence-electron chi connectivity index (χ1n) is 9.19. The standard InChI is InChI=1S/C18H24N4O7S/c1-11(17(25)20-7-16(19)24)30-10-14-6-15(23)8-21(14)18(26)29-9-12-2-4-13(5-3-12)22(27)28/h2-5,11,14-15,23H,6-10H2,1H3,(H2,19,24)(H,20,25)/t11?,14-,15-/m0/s1. The number of nitrogens with one attached hydrogen (secondary N) is 1. The number of aliphatic hydroxyl groups excluding tert-OH is 1. The van der Waals surface area contributed by atoms with E-state index in [1.54, 1.807) is 6.92 Å².